The van der Waals surface area contributed by atoms with Crippen molar-refractivity contribution >= 4 is 5.97 Å². The molecule has 0 radical (unpaired) electrons. The van der Waals surface area contributed by atoms with Gasteiger partial charge in [0, 0.05) is 12.1 Å². The van der Waals surface area contributed by atoms with Crippen molar-refractivity contribution in [3.63, 3.8) is 0 Å². The molecule has 0 amide bonds. The van der Waals surface area contributed by atoms with E-state index in [1.807, 2.05) is 31.2 Å². The van der Waals surface area contributed by atoms with Gasteiger partial charge in [0.25, 0.3) is 0 Å². The van der Waals surface area contributed by atoms with Gasteiger partial charge in [0.15, 0.2) is 0 Å². The summed E-state index contributed by atoms with van der Waals surface area (Å²) in [4.78, 5) is 11.6. The molecule has 5 nitrogen and oxygen atoms in total. The molecule has 0 bridgehead atoms. The van der Waals surface area contributed by atoms with E-state index in [2.05, 4.69) is 43.4 Å². The molecule has 0 spiro atoms. The van der Waals surface area contributed by atoms with Crippen LogP contribution in [-0.4, -0.2) is 41.0 Å². The molecule has 0 aromatic heterocycles. The van der Waals surface area contributed by atoms with E-state index in [0.29, 0.717) is 18.9 Å². The van der Waals surface area contributed by atoms with Crippen LogP contribution in [0.5, 0.6) is 0 Å². The summed E-state index contributed by atoms with van der Waals surface area (Å²) in [6.45, 7) is 10.5. The number of carbonyl (C=O) groups is 1. The van der Waals surface area contributed by atoms with E-state index >= 15 is 0 Å². The van der Waals surface area contributed by atoms with E-state index in [1.54, 1.807) is 13.8 Å². The van der Waals surface area contributed by atoms with Gasteiger partial charge in [-0.2, -0.15) is 0 Å². The zero-order valence-corrected chi connectivity index (χ0v) is 21.3. The number of carboxylic acids is 1. The Hall–Kier alpha value is -2.21. The molecular weight excluding hydrogens is 426 g/mol. The normalized spacial score (nSPS) is 16.3. The summed E-state index contributed by atoms with van der Waals surface area (Å²) in [5, 5.41) is 23.6. The highest BCUT2D eigenvalue weighted by Crippen LogP contribution is 2.32. The second-order valence-corrected chi connectivity index (χ2v) is 11.2. The van der Waals surface area contributed by atoms with Gasteiger partial charge in [-0.05, 0) is 88.5 Å². The number of carboxylic acid groups (broad SMARTS) is 1. The predicted octanol–water partition coefficient (Wildman–Crippen LogP) is 4.95. The summed E-state index contributed by atoms with van der Waals surface area (Å²) in [5.41, 5.74) is 3.95. The molecule has 2 atom stereocenters. The van der Waals surface area contributed by atoms with Crippen molar-refractivity contribution in [2.75, 3.05) is 13.2 Å². The lowest BCUT2D eigenvalue weighted by Gasteiger charge is -2.31. The van der Waals surface area contributed by atoms with E-state index in [1.165, 1.54) is 11.1 Å². The van der Waals surface area contributed by atoms with Crippen LogP contribution in [0.2, 0.25) is 0 Å². The van der Waals surface area contributed by atoms with Crippen LogP contribution in [0.3, 0.4) is 0 Å². The van der Waals surface area contributed by atoms with E-state index in [9.17, 15) is 15.0 Å². The number of benzene rings is 2. The maximum absolute atomic E-state index is 11.6. The van der Waals surface area contributed by atoms with Crippen LogP contribution in [0, 0.1) is 11.3 Å². The summed E-state index contributed by atoms with van der Waals surface area (Å²) in [5.74, 6) is -0.193. The first kappa shape index (κ1) is 26.4. The molecule has 34 heavy (non-hydrogen) atoms. The summed E-state index contributed by atoms with van der Waals surface area (Å²) < 4.78 is 6.01. The first-order valence-electron chi connectivity index (χ1n) is 12.4. The summed E-state index contributed by atoms with van der Waals surface area (Å²) >= 11 is 0. The van der Waals surface area contributed by atoms with Gasteiger partial charge in [-0.25, -0.2) is 0 Å². The highest BCUT2D eigenvalue weighted by atomic mass is 16.5. The monoisotopic (exact) mass is 467 g/mol. The number of aliphatic hydroxyl groups is 1. The molecule has 2 aromatic rings. The molecule has 186 valence electrons. The van der Waals surface area contributed by atoms with Gasteiger partial charge >= 0.3 is 5.97 Å². The van der Waals surface area contributed by atoms with Crippen LogP contribution in [0.4, 0.5) is 0 Å². The van der Waals surface area contributed by atoms with Crippen molar-refractivity contribution in [1.29, 1.82) is 0 Å². The molecule has 0 unspecified atom stereocenters. The summed E-state index contributed by atoms with van der Waals surface area (Å²) in [7, 11) is 0. The Balaban J connectivity index is 1.47. The Bertz CT molecular complexity index is 943. The average molecular weight is 468 g/mol. The van der Waals surface area contributed by atoms with E-state index in [-0.39, 0.29) is 18.2 Å². The van der Waals surface area contributed by atoms with Gasteiger partial charge in [-0.15, -0.1) is 0 Å². The number of ether oxygens (including phenoxy) is 1. The fourth-order valence-corrected chi connectivity index (χ4v) is 5.03. The number of nitrogens with one attached hydrogen (secondary N) is 1. The van der Waals surface area contributed by atoms with Gasteiger partial charge < -0.3 is 20.3 Å². The van der Waals surface area contributed by atoms with Gasteiger partial charge in [-0.1, -0.05) is 48.5 Å². The van der Waals surface area contributed by atoms with Crippen LogP contribution < -0.4 is 5.32 Å². The molecule has 0 aliphatic heterocycles. The molecule has 0 heterocycles. The number of aliphatic carboxylic acids is 1. The minimum absolute atomic E-state index is 0.0751. The molecular formula is C29H41NO4. The Kier molecular flexibility index (Phi) is 8.56. The molecule has 3 rings (SSSR count). The predicted molar refractivity (Wildman–Crippen MR) is 136 cm³/mol. The summed E-state index contributed by atoms with van der Waals surface area (Å²) in [6.07, 6.45) is 2.88. The van der Waals surface area contributed by atoms with Crippen LogP contribution in [0.1, 0.15) is 69.4 Å². The van der Waals surface area contributed by atoms with Gasteiger partial charge in [0.2, 0.25) is 0 Å². The molecule has 1 aliphatic rings. The van der Waals surface area contributed by atoms with Crippen molar-refractivity contribution in [2.45, 2.75) is 78.0 Å². The standard InChI is InChI=1S/C29H41NO4/c1-20(26-13-9-8-12-24(26)17-28(2,3)27(32)33)34-19-25(31)18-30-29(4,5)16-21-14-22-10-6-7-11-23(22)15-21/h6-13,20-21,25,30-31H,14-19H2,1-5H3,(H,32,33)/t20-,25+/m1/s1. The zero-order chi connectivity index (χ0) is 24.9. The second-order valence-electron chi connectivity index (χ2n) is 11.2. The number of aliphatic hydroxyl groups excluding tert-OH is 1. The van der Waals surface area contributed by atoms with E-state index < -0.39 is 17.5 Å². The number of hydrogen-bond donors (Lipinski definition) is 3. The Labute approximate surface area is 204 Å². The van der Waals surface area contributed by atoms with Crippen LogP contribution in [-0.2, 0) is 28.8 Å². The molecule has 0 saturated heterocycles. The average Bonchev–Trinajstić information content (AvgIpc) is 3.17. The lowest BCUT2D eigenvalue weighted by Crippen LogP contribution is -2.45. The Morgan fingerprint density at radius 2 is 1.65 bits per heavy atom. The fourth-order valence-electron chi connectivity index (χ4n) is 5.03. The molecule has 2 aromatic carbocycles. The van der Waals surface area contributed by atoms with Gasteiger partial charge in [-0.3, -0.25) is 4.79 Å². The fraction of sp³-hybridized carbons (Fsp3) is 0.552. The minimum Gasteiger partial charge on any atom is -0.481 e. The molecule has 1 aliphatic carbocycles. The quantitative estimate of drug-likeness (QED) is 0.412. The first-order valence-corrected chi connectivity index (χ1v) is 12.4. The number of β-amino-alcohol motifs (C(OH)–C–C–N with tert-alkyl or cyclic N) is 1. The zero-order valence-electron chi connectivity index (χ0n) is 21.3. The molecule has 0 saturated carbocycles. The molecule has 5 heteroatoms. The van der Waals surface area contributed by atoms with E-state index in [4.69, 9.17) is 4.74 Å². The molecule has 3 N–H and O–H groups in total. The minimum atomic E-state index is -0.856. The van der Waals surface area contributed by atoms with Gasteiger partial charge in [0.1, 0.15) is 0 Å². The lowest BCUT2D eigenvalue weighted by molar-refractivity contribution is -0.146. The molecule has 0 fully saturated rings. The lowest BCUT2D eigenvalue weighted by atomic mass is 9.83. The maximum Gasteiger partial charge on any atom is 0.309 e. The topological polar surface area (TPSA) is 78.8 Å². The van der Waals surface area contributed by atoms with Crippen molar-refractivity contribution < 1.29 is 19.7 Å². The van der Waals surface area contributed by atoms with Gasteiger partial charge in [0.05, 0.1) is 24.2 Å². The number of rotatable bonds is 12. The van der Waals surface area contributed by atoms with Crippen molar-refractivity contribution in [2.24, 2.45) is 11.3 Å². The third kappa shape index (κ3) is 7.14. The number of fused-ring (bicyclic) bond motifs is 1. The van der Waals surface area contributed by atoms with Crippen molar-refractivity contribution in [3.8, 4) is 0 Å². The van der Waals surface area contributed by atoms with Crippen molar-refractivity contribution in [1.82, 2.24) is 5.32 Å². The highest BCUT2D eigenvalue weighted by molar-refractivity contribution is 5.74. The number of hydrogen-bond acceptors (Lipinski definition) is 4. The van der Waals surface area contributed by atoms with Crippen LogP contribution in [0.15, 0.2) is 48.5 Å². The first-order chi connectivity index (χ1) is 16.0. The third-order valence-corrected chi connectivity index (χ3v) is 6.99. The largest absolute Gasteiger partial charge is 0.481 e. The smallest absolute Gasteiger partial charge is 0.309 e. The SMILES string of the molecule is C[C@@H](OC[C@@H](O)CNC(C)(C)CC1Cc2ccccc2C1)c1ccccc1CC(C)(C)C(=O)O. The van der Waals surface area contributed by atoms with Crippen LogP contribution >= 0.6 is 0 Å². The highest BCUT2D eigenvalue weighted by Gasteiger charge is 2.30. The van der Waals surface area contributed by atoms with Crippen LogP contribution in [0.25, 0.3) is 0 Å². The Morgan fingerprint density at radius 3 is 2.26 bits per heavy atom. The van der Waals surface area contributed by atoms with Crippen molar-refractivity contribution in [3.05, 3.63) is 70.8 Å². The second kappa shape index (κ2) is 11.0. The van der Waals surface area contributed by atoms with E-state index in [0.717, 1.165) is 30.4 Å². The Morgan fingerprint density at radius 1 is 1.06 bits per heavy atom. The maximum atomic E-state index is 11.6. The third-order valence-electron chi connectivity index (χ3n) is 6.99. The summed E-state index contributed by atoms with van der Waals surface area (Å²) in [6, 6.07) is 16.5.